The fourth-order valence-corrected chi connectivity index (χ4v) is 5.12. The number of anilines is 1. The Bertz CT molecular complexity index is 1430. The highest BCUT2D eigenvalue weighted by atomic mass is 32.2. The van der Waals surface area contributed by atoms with Crippen LogP contribution in [0.3, 0.4) is 0 Å². The molecule has 38 heavy (non-hydrogen) atoms. The first-order valence-corrected chi connectivity index (χ1v) is 14.5. The number of aromatic nitrogens is 2. The standard InChI is InChI=1S/C28H35N5O4S/c1-19-6-9-21(28(2,3)4)18-24(19)33-25(12-15-29-33)31-27(35)30-22-13-16-32(17-14-22)26(34)20-7-10-23(11-8-20)38(5,36)37/h6-12,15,18,22H,13-14,16-17H2,1-5H3,(H2,30,31,35). The van der Waals surface area contributed by atoms with E-state index >= 15 is 0 Å². The molecule has 3 amide bonds. The summed E-state index contributed by atoms with van der Waals surface area (Å²) in [6.07, 6.45) is 4.03. The number of carbonyl (C=O) groups excluding carboxylic acids is 2. The van der Waals surface area contributed by atoms with Gasteiger partial charge in [-0.05, 0) is 66.6 Å². The normalized spacial score (nSPS) is 14.8. The minimum absolute atomic E-state index is 0.0174. The molecule has 2 aromatic carbocycles. The molecule has 2 heterocycles. The van der Waals surface area contributed by atoms with Crippen molar-refractivity contribution in [1.82, 2.24) is 20.0 Å². The molecule has 1 saturated heterocycles. The van der Waals surface area contributed by atoms with E-state index in [1.807, 2.05) is 6.92 Å². The van der Waals surface area contributed by atoms with Crippen molar-refractivity contribution in [3.05, 3.63) is 71.4 Å². The first-order chi connectivity index (χ1) is 17.8. The van der Waals surface area contributed by atoms with E-state index < -0.39 is 9.84 Å². The Morgan fingerprint density at radius 1 is 1.00 bits per heavy atom. The molecular formula is C28H35N5O4S. The van der Waals surface area contributed by atoms with Crippen molar-refractivity contribution >= 4 is 27.6 Å². The van der Waals surface area contributed by atoms with Crippen molar-refractivity contribution in [2.75, 3.05) is 24.7 Å². The third-order valence-corrected chi connectivity index (χ3v) is 7.96. The van der Waals surface area contributed by atoms with Crippen LogP contribution in [-0.2, 0) is 15.3 Å². The second-order valence-corrected chi connectivity index (χ2v) is 12.9. The maximum atomic E-state index is 12.9. The molecule has 0 bridgehead atoms. The molecule has 2 N–H and O–H groups in total. The summed E-state index contributed by atoms with van der Waals surface area (Å²) in [6.45, 7) is 9.48. The van der Waals surface area contributed by atoms with Crippen LogP contribution in [0.2, 0.25) is 0 Å². The Hall–Kier alpha value is -3.66. The SMILES string of the molecule is Cc1ccc(C(C)(C)C)cc1-n1nccc1NC(=O)NC1CCN(C(=O)c2ccc(S(C)(=O)=O)cc2)CC1. The molecule has 202 valence electrons. The van der Waals surface area contributed by atoms with Gasteiger partial charge in [0.15, 0.2) is 9.84 Å². The molecule has 1 aliphatic rings. The fourth-order valence-electron chi connectivity index (χ4n) is 4.49. The Kier molecular flexibility index (Phi) is 7.64. The first kappa shape index (κ1) is 27.4. The number of sulfone groups is 1. The summed E-state index contributed by atoms with van der Waals surface area (Å²) in [6, 6.07) is 13.6. The van der Waals surface area contributed by atoms with Gasteiger partial charge in [-0.2, -0.15) is 5.10 Å². The number of urea groups is 1. The van der Waals surface area contributed by atoms with E-state index in [4.69, 9.17) is 0 Å². The molecule has 4 rings (SSSR count). The largest absolute Gasteiger partial charge is 0.338 e. The van der Waals surface area contributed by atoms with Gasteiger partial charge in [-0.25, -0.2) is 17.9 Å². The third kappa shape index (κ3) is 6.24. The number of carbonyl (C=O) groups is 2. The monoisotopic (exact) mass is 537 g/mol. The topological polar surface area (TPSA) is 113 Å². The molecule has 1 aromatic heterocycles. The zero-order chi connectivity index (χ0) is 27.7. The van der Waals surface area contributed by atoms with Crippen LogP contribution < -0.4 is 10.6 Å². The number of likely N-dealkylation sites (tertiary alicyclic amines) is 1. The smallest absolute Gasteiger partial charge is 0.320 e. The number of piperidine rings is 1. The average Bonchev–Trinajstić information content (AvgIpc) is 3.30. The van der Waals surface area contributed by atoms with E-state index in [0.29, 0.717) is 37.3 Å². The van der Waals surface area contributed by atoms with E-state index in [0.717, 1.165) is 17.5 Å². The molecule has 0 aliphatic carbocycles. The Morgan fingerprint density at radius 2 is 1.66 bits per heavy atom. The summed E-state index contributed by atoms with van der Waals surface area (Å²) in [5.41, 5.74) is 3.57. The summed E-state index contributed by atoms with van der Waals surface area (Å²) < 4.78 is 25.0. The van der Waals surface area contributed by atoms with Gasteiger partial charge in [-0.3, -0.25) is 10.1 Å². The summed E-state index contributed by atoms with van der Waals surface area (Å²) in [4.78, 5) is 27.6. The van der Waals surface area contributed by atoms with Crippen molar-refractivity contribution in [2.24, 2.45) is 0 Å². The van der Waals surface area contributed by atoms with Crippen LogP contribution in [-0.4, -0.2) is 60.4 Å². The zero-order valence-electron chi connectivity index (χ0n) is 22.5. The van der Waals surface area contributed by atoms with E-state index in [9.17, 15) is 18.0 Å². The van der Waals surface area contributed by atoms with Crippen LogP contribution in [0.15, 0.2) is 59.6 Å². The lowest BCUT2D eigenvalue weighted by Crippen LogP contribution is -2.47. The number of amides is 3. The third-order valence-electron chi connectivity index (χ3n) is 6.83. The van der Waals surface area contributed by atoms with Gasteiger partial charge in [0.25, 0.3) is 5.91 Å². The number of nitrogens with one attached hydrogen (secondary N) is 2. The lowest BCUT2D eigenvalue weighted by atomic mass is 9.86. The highest BCUT2D eigenvalue weighted by Crippen LogP contribution is 2.27. The second-order valence-electron chi connectivity index (χ2n) is 10.8. The lowest BCUT2D eigenvalue weighted by Gasteiger charge is -2.32. The van der Waals surface area contributed by atoms with E-state index in [1.54, 1.807) is 34.0 Å². The van der Waals surface area contributed by atoms with Crippen LogP contribution in [0.25, 0.3) is 5.69 Å². The van der Waals surface area contributed by atoms with Crippen molar-refractivity contribution in [1.29, 1.82) is 0 Å². The maximum absolute atomic E-state index is 12.9. The van der Waals surface area contributed by atoms with Crippen molar-refractivity contribution in [3.8, 4) is 5.69 Å². The lowest BCUT2D eigenvalue weighted by molar-refractivity contribution is 0.0708. The van der Waals surface area contributed by atoms with Crippen molar-refractivity contribution < 1.29 is 18.0 Å². The highest BCUT2D eigenvalue weighted by Gasteiger charge is 2.25. The van der Waals surface area contributed by atoms with Crippen LogP contribution in [0.4, 0.5) is 10.6 Å². The zero-order valence-corrected chi connectivity index (χ0v) is 23.3. The molecule has 1 fully saturated rings. The molecule has 3 aromatic rings. The number of hydrogen-bond acceptors (Lipinski definition) is 5. The number of aryl methyl sites for hydroxylation is 1. The predicted octanol–water partition coefficient (Wildman–Crippen LogP) is 4.31. The van der Waals surface area contributed by atoms with E-state index in [2.05, 4.69) is 54.7 Å². The van der Waals surface area contributed by atoms with Gasteiger partial charge in [-0.1, -0.05) is 32.9 Å². The van der Waals surface area contributed by atoms with Crippen molar-refractivity contribution in [3.63, 3.8) is 0 Å². The van der Waals surface area contributed by atoms with Gasteiger partial charge < -0.3 is 10.2 Å². The fraction of sp³-hybridized carbons (Fsp3) is 0.393. The van der Waals surface area contributed by atoms with Gasteiger partial charge in [0.05, 0.1) is 16.8 Å². The number of benzene rings is 2. The van der Waals surface area contributed by atoms with Gasteiger partial charge in [-0.15, -0.1) is 0 Å². The maximum Gasteiger partial charge on any atom is 0.320 e. The molecule has 9 nitrogen and oxygen atoms in total. The number of nitrogens with zero attached hydrogens (tertiary/aromatic N) is 3. The molecule has 1 aliphatic heterocycles. The molecule has 10 heteroatoms. The Morgan fingerprint density at radius 3 is 2.26 bits per heavy atom. The van der Waals surface area contributed by atoms with Gasteiger partial charge in [0, 0.05) is 37.0 Å². The van der Waals surface area contributed by atoms with Gasteiger partial charge in [0.2, 0.25) is 0 Å². The number of hydrogen-bond donors (Lipinski definition) is 2. The second kappa shape index (κ2) is 10.6. The highest BCUT2D eigenvalue weighted by molar-refractivity contribution is 7.90. The van der Waals surface area contributed by atoms with Crippen LogP contribution in [0.5, 0.6) is 0 Å². The Labute approximate surface area is 224 Å². The average molecular weight is 538 g/mol. The molecule has 0 atom stereocenters. The Balaban J connectivity index is 1.35. The number of rotatable bonds is 5. The van der Waals surface area contributed by atoms with Crippen LogP contribution in [0, 0.1) is 6.92 Å². The predicted molar refractivity (Wildman–Crippen MR) is 148 cm³/mol. The molecule has 0 spiro atoms. The molecule has 0 unspecified atom stereocenters. The van der Waals surface area contributed by atoms with Crippen LogP contribution >= 0.6 is 0 Å². The summed E-state index contributed by atoms with van der Waals surface area (Å²) in [5.74, 6) is 0.423. The minimum Gasteiger partial charge on any atom is -0.338 e. The summed E-state index contributed by atoms with van der Waals surface area (Å²) in [7, 11) is -3.31. The molecular weight excluding hydrogens is 502 g/mol. The van der Waals surface area contributed by atoms with E-state index in [-0.39, 0.29) is 28.3 Å². The minimum atomic E-state index is -3.31. The molecule has 0 saturated carbocycles. The van der Waals surface area contributed by atoms with Crippen LogP contribution in [0.1, 0.15) is 55.1 Å². The molecule has 0 radical (unpaired) electrons. The summed E-state index contributed by atoms with van der Waals surface area (Å²) >= 11 is 0. The summed E-state index contributed by atoms with van der Waals surface area (Å²) in [5, 5.41) is 10.4. The van der Waals surface area contributed by atoms with Gasteiger partial charge >= 0.3 is 6.03 Å². The van der Waals surface area contributed by atoms with Crippen molar-refractivity contribution in [2.45, 2.75) is 56.9 Å². The van der Waals surface area contributed by atoms with E-state index in [1.165, 1.54) is 17.7 Å². The quantitative estimate of drug-likeness (QED) is 0.504. The van der Waals surface area contributed by atoms with Gasteiger partial charge in [0.1, 0.15) is 5.82 Å². The first-order valence-electron chi connectivity index (χ1n) is 12.7.